The normalized spacial score (nSPS) is 10.4. The SMILES string of the molecule is O=Cc1ccc(-c2cc(Cl)c(Cl)c(Cl)c2)nc1Cl. The maximum Gasteiger partial charge on any atom is 0.153 e. The van der Waals surface area contributed by atoms with Crippen LogP contribution in [0.5, 0.6) is 0 Å². The van der Waals surface area contributed by atoms with Gasteiger partial charge in [-0.05, 0) is 24.3 Å². The summed E-state index contributed by atoms with van der Waals surface area (Å²) in [5.74, 6) is 0. The van der Waals surface area contributed by atoms with Crippen molar-refractivity contribution in [1.82, 2.24) is 4.98 Å². The second kappa shape index (κ2) is 5.45. The molecule has 92 valence electrons. The number of carbonyl (C=O) groups excluding carboxylic acids is 1. The Hall–Kier alpha value is -0.800. The van der Waals surface area contributed by atoms with Crippen LogP contribution in [-0.4, -0.2) is 11.3 Å². The van der Waals surface area contributed by atoms with Crippen LogP contribution in [0, 0.1) is 0 Å². The predicted molar refractivity (Wildman–Crippen MR) is 75.1 cm³/mol. The summed E-state index contributed by atoms with van der Waals surface area (Å²) in [6.07, 6.45) is 0.640. The van der Waals surface area contributed by atoms with E-state index >= 15 is 0 Å². The Morgan fingerprint density at radius 2 is 1.61 bits per heavy atom. The van der Waals surface area contributed by atoms with Crippen LogP contribution < -0.4 is 0 Å². The van der Waals surface area contributed by atoms with Gasteiger partial charge in [0.25, 0.3) is 0 Å². The number of aromatic nitrogens is 1. The highest BCUT2D eigenvalue weighted by atomic mass is 35.5. The molecule has 1 aromatic carbocycles. The average Bonchev–Trinajstić information content (AvgIpc) is 2.35. The lowest BCUT2D eigenvalue weighted by molar-refractivity contribution is 0.112. The van der Waals surface area contributed by atoms with Crippen molar-refractivity contribution in [3.8, 4) is 11.3 Å². The minimum Gasteiger partial charge on any atom is -0.298 e. The Bertz CT molecular complexity index is 604. The quantitative estimate of drug-likeness (QED) is 0.434. The first-order valence-electron chi connectivity index (χ1n) is 4.79. The van der Waals surface area contributed by atoms with Gasteiger partial charge in [0.15, 0.2) is 6.29 Å². The van der Waals surface area contributed by atoms with E-state index in [-0.39, 0.29) is 10.2 Å². The predicted octanol–water partition coefficient (Wildman–Crippen LogP) is 5.17. The van der Waals surface area contributed by atoms with Crippen molar-refractivity contribution in [2.24, 2.45) is 0 Å². The van der Waals surface area contributed by atoms with Crippen LogP contribution in [0.4, 0.5) is 0 Å². The molecule has 0 aliphatic carbocycles. The fraction of sp³-hybridized carbons (Fsp3) is 0. The number of hydrogen-bond donors (Lipinski definition) is 0. The van der Waals surface area contributed by atoms with Gasteiger partial charge in [-0.2, -0.15) is 0 Å². The van der Waals surface area contributed by atoms with Crippen molar-refractivity contribution in [3.63, 3.8) is 0 Å². The summed E-state index contributed by atoms with van der Waals surface area (Å²) >= 11 is 23.6. The van der Waals surface area contributed by atoms with E-state index in [1.807, 2.05) is 0 Å². The fourth-order valence-electron chi connectivity index (χ4n) is 1.40. The van der Waals surface area contributed by atoms with Crippen molar-refractivity contribution in [1.29, 1.82) is 0 Å². The minimum atomic E-state index is 0.129. The zero-order valence-corrected chi connectivity index (χ0v) is 11.8. The zero-order chi connectivity index (χ0) is 13.3. The number of pyridine rings is 1. The molecule has 0 saturated carbocycles. The second-order valence-corrected chi connectivity index (χ2v) is 5.00. The number of nitrogens with zero attached hydrogens (tertiary/aromatic N) is 1. The summed E-state index contributed by atoms with van der Waals surface area (Å²) in [6.45, 7) is 0. The van der Waals surface area contributed by atoms with Gasteiger partial charge >= 0.3 is 0 Å². The van der Waals surface area contributed by atoms with Crippen LogP contribution in [0.1, 0.15) is 10.4 Å². The number of rotatable bonds is 2. The fourth-order valence-corrected chi connectivity index (χ4v) is 2.19. The summed E-state index contributed by atoms with van der Waals surface area (Å²) in [5, 5.41) is 1.08. The number of halogens is 4. The largest absolute Gasteiger partial charge is 0.298 e. The molecule has 2 rings (SSSR count). The van der Waals surface area contributed by atoms with Crippen molar-refractivity contribution in [2.45, 2.75) is 0 Å². The number of hydrogen-bond acceptors (Lipinski definition) is 2. The molecule has 6 heteroatoms. The van der Waals surface area contributed by atoms with Crippen molar-refractivity contribution < 1.29 is 4.79 Å². The number of benzene rings is 1. The van der Waals surface area contributed by atoms with Crippen LogP contribution in [-0.2, 0) is 0 Å². The summed E-state index contributed by atoms with van der Waals surface area (Å²) in [6, 6.07) is 6.50. The monoisotopic (exact) mass is 319 g/mol. The summed E-state index contributed by atoms with van der Waals surface area (Å²) in [4.78, 5) is 14.7. The van der Waals surface area contributed by atoms with Crippen molar-refractivity contribution in [2.75, 3.05) is 0 Å². The molecule has 0 bridgehead atoms. The Morgan fingerprint density at radius 3 is 2.11 bits per heavy atom. The Morgan fingerprint density at radius 1 is 1.00 bits per heavy atom. The average molecular weight is 321 g/mol. The molecule has 0 aliphatic rings. The first-order chi connectivity index (χ1) is 8.52. The van der Waals surface area contributed by atoms with Crippen LogP contribution >= 0.6 is 46.4 Å². The standard InChI is InChI=1S/C12H5Cl4NO/c13-8-3-7(4-9(14)11(8)15)10-2-1-6(5-18)12(16)17-10/h1-5H. The molecule has 0 atom stereocenters. The van der Waals surface area contributed by atoms with Crippen LogP contribution in [0.3, 0.4) is 0 Å². The summed E-state index contributed by atoms with van der Waals surface area (Å²) in [5.41, 5.74) is 1.56. The highest BCUT2D eigenvalue weighted by Crippen LogP contribution is 2.34. The van der Waals surface area contributed by atoms with E-state index in [2.05, 4.69) is 4.98 Å². The van der Waals surface area contributed by atoms with E-state index in [1.165, 1.54) is 0 Å². The van der Waals surface area contributed by atoms with E-state index in [9.17, 15) is 4.79 Å². The zero-order valence-electron chi connectivity index (χ0n) is 8.75. The molecule has 0 saturated heterocycles. The van der Waals surface area contributed by atoms with E-state index in [0.717, 1.165) is 0 Å². The lowest BCUT2D eigenvalue weighted by atomic mass is 10.1. The molecule has 0 amide bonds. The molecule has 2 nitrogen and oxygen atoms in total. The maximum atomic E-state index is 10.6. The third-order valence-corrected chi connectivity index (χ3v) is 3.78. The van der Waals surface area contributed by atoms with Gasteiger partial charge in [0, 0.05) is 5.56 Å². The van der Waals surface area contributed by atoms with Crippen LogP contribution in [0.15, 0.2) is 24.3 Å². The molecule has 0 fully saturated rings. The van der Waals surface area contributed by atoms with Gasteiger partial charge in [0.05, 0.1) is 26.3 Å². The molecule has 18 heavy (non-hydrogen) atoms. The van der Waals surface area contributed by atoms with Gasteiger partial charge in [-0.25, -0.2) is 4.98 Å². The second-order valence-electron chi connectivity index (χ2n) is 3.45. The molecule has 2 aromatic rings. The van der Waals surface area contributed by atoms with E-state index < -0.39 is 0 Å². The molecule has 1 heterocycles. The molecule has 0 unspecified atom stereocenters. The van der Waals surface area contributed by atoms with Gasteiger partial charge in [-0.1, -0.05) is 46.4 Å². The van der Waals surface area contributed by atoms with Gasteiger partial charge in [0.2, 0.25) is 0 Å². The van der Waals surface area contributed by atoms with Crippen LogP contribution in [0.2, 0.25) is 20.2 Å². The minimum absolute atomic E-state index is 0.129. The Labute approximate surface area is 123 Å². The molecule has 0 aliphatic heterocycles. The van der Waals surface area contributed by atoms with Gasteiger partial charge in [0.1, 0.15) is 5.15 Å². The smallest absolute Gasteiger partial charge is 0.153 e. The van der Waals surface area contributed by atoms with E-state index in [0.29, 0.717) is 33.2 Å². The highest BCUT2D eigenvalue weighted by Gasteiger charge is 2.10. The van der Waals surface area contributed by atoms with E-state index in [1.54, 1.807) is 24.3 Å². The van der Waals surface area contributed by atoms with Crippen molar-refractivity contribution in [3.05, 3.63) is 50.0 Å². The molecular weight excluding hydrogens is 316 g/mol. The lowest BCUT2D eigenvalue weighted by Crippen LogP contribution is -1.90. The first kappa shape index (κ1) is 13.6. The van der Waals surface area contributed by atoms with Gasteiger partial charge < -0.3 is 0 Å². The van der Waals surface area contributed by atoms with Crippen molar-refractivity contribution >= 4 is 52.7 Å². The summed E-state index contributed by atoms with van der Waals surface area (Å²) < 4.78 is 0. The first-order valence-corrected chi connectivity index (χ1v) is 6.30. The van der Waals surface area contributed by atoms with E-state index in [4.69, 9.17) is 46.4 Å². The Kier molecular flexibility index (Phi) is 4.13. The topological polar surface area (TPSA) is 30.0 Å². The third kappa shape index (κ3) is 2.62. The Balaban J connectivity index is 2.55. The summed E-state index contributed by atoms with van der Waals surface area (Å²) in [7, 11) is 0. The molecular formula is C12H5Cl4NO. The third-order valence-electron chi connectivity index (χ3n) is 2.28. The van der Waals surface area contributed by atoms with Gasteiger partial charge in [-0.15, -0.1) is 0 Å². The number of aldehydes is 1. The molecule has 1 aromatic heterocycles. The molecule has 0 spiro atoms. The highest BCUT2D eigenvalue weighted by molar-refractivity contribution is 6.48. The van der Waals surface area contributed by atoms with Gasteiger partial charge in [-0.3, -0.25) is 4.79 Å². The lowest BCUT2D eigenvalue weighted by Gasteiger charge is -2.06. The number of carbonyl (C=O) groups is 1. The molecule has 0 N–H and O–H groups in total. The molecule has 0 radical (unpaired) electrons. The van der Waals surface area contributed by atoms with Crippen LogP contribution in [0.25, 0.3) is 11.3 Å². The maximum absolute atomic E-state index is 10.6.